The smallest absolute Gasteiger partial charge is 0.234 e. The topological polar surface area (TPSA) is 44.8 Å². The number of benzene rings is 1. The molecule has 0 aliphatic carbocycles. The molecule has 0 unspecified atom stereocenters. The lowest BCUT2D eigenvalue weighted by Crippen LogP contribution is -2.43. The molecule has 0 aromatic heterocycles. The number of fused-ring (bicyclic) bond motifs is 1. The van der Waals surface area contributed by atoms with Crippen molar-refractivity contribution in [1.29, 1.82) is 0 Å². The largest absolute Gasteiger partial charge is 0.370 e. The molecule has 3 saturated heterocycles. The Kier molecular flexibility index (Phi) is 5.18. The Morgan fingerprint density at radius 1 is 1.48 bits per heavy atom. The van der Waals surface area contributed by atoms with E-state index in [-0.39, 0.29) is 23.4 Å². The van der Waals surface area contributed by atoms with Crippen molar-refractivity contribution in [1.82, 2.24) is 15.1 Å². The molecule has 4 atom stereocenters. The van der Waals surface area contributed by atoms with Gasteiger partial charge in [0.15, 0.2) is 0 Å². The Morgan fingerprint density at radius 3 is 3.04 bits per heavy atom. The van der Waals surface area contributed by atoms with Gasteiger partial charge in [-0.25, -0.2) is 4.39 Å². The Hall–Kier alpha value is -1.21. The van der Waals surface area contributed by atoms with Gasteiger partial charge in [-0.2, -0.15) is 0 Å². The highest BCUT2D eigenvalue weighted by atomic mass is 35.5. The molecule has 3 aliphatic rings. The van der Waals surface area contributed by atoms with Crippen molar-refractivity contribution in [3.8, 4) is 0 Å². The number of nitrogens with zero attached hydrogens (tertiary/aromatic N) is 2. The Bertz CT molecular complexity index is 711. The third kappa shape index (κ3) is 3.60. The van der Waals surface area contributed by atoms with Gasteiger partial charge in [-0.3, -0.25) is 9.69 Å². The van der Waals surface area contributed by atoms with Crippen LogP contribution in [0, 0.1) is 17.7 Å². The van der Waals surface area contributed by atoms with Crippen LogP contribution in [0.2, 0.25) is 5.02 Å². The number of hydrogen-bond acceptors (Lipinski definition) is 4. The highest BCUT2D eigenvalue weighted by molar-refractivity contribution is 6.31. The zero-order valence-electron chi connectivity index (χ0n) is 15.9. The number of likely N-dealkylation sites (N-methyl/N-ethyl adjacent to an activating group) is 1. The molecule has 1 aromatic carbocycles. The molecular weight excluding hydrogens is 369 g/mol. The van der Waals surface area contributed by atoms with Gasteiger partial charge in [0.2, 0.25) is 5.91 Å². The van der Waals surface area contributed by atoms with E-state index < -0.39 is 0 Å². The number of rotatable bonds is 6. The summed E-state index contributed by atoms with van der Waals surface area (Å²) in [5.41, 5.74) is 0.417. The summed E-state index contributed by atoms with van der Waals surface area (Å²) in [5, 5.41) is 3.55. The molecule has 4 rings (SSSR count). The van der Waals surface area contributed by atoms with Gasteiger partial charge in [-0.1, -0.05) is 17.7 Å². The summed E-state index contributed by atoms with van der Waals surface area (Å²) >= 11 is 6.21. The fourth-order valence-corrected chi connectivity index (χ4v) is 5.38. The maximum absolute atomic E-state index is 14.2. The number of amides is 1. The van der Waals surface area contributed by atoms with Crippen LogP contribution < -0.4 is 5.32 Å². The minimum atomic E-state index is -0.255. The third-order valence-corrected chi connectivity index (χ3v) is 6.65. The van der Waals surface area contributed by atoms with Crippen molar-refractivity contribution in [2.75, 3.05) is 40.3 Å². The van der Waals surface area contributed by atoms with E-state index in [1.54, 1.807) is 12.1 Å². The number of hydrogen-bond donors (Lipinski definition) is 1. The highest BCUT2D eigenvalue weighted by Gasteiger charge is 2.62. The van der Waals surface area contributed by atoms with E-state index in [1.807, 2.05) is 19.0 Å². The lowest BCUT2D eigenvalue weighted by Gasteiger charge is -2.29. The quantitative estimate of drug-likeness (QED) is 0.801. The number of carbonyl (C=O) groups is 1. The minimum Gasteiger partial charge on any atom is -0.370 e. The van der Waals surface area contributed by atoms with Crippen LogP contribution in [0.1, 0.15) is 18.4 Å². The first kappa shape index (κ1) is 19.1. The Morgan fingerprint density at radius 2 is 2.30 bits per heavy atom. The van der Waals surface area contributed by atoms with Crippen LogP contribution in [0.4, 0.5) is 4.39 Å². The van der Waals surface area contributed by atoms with Gasteiger partial charge in [-0.15, -0.1) is 0 Å². The molecule has 3 heterocycles. The zero-order chi connectivity index (χ0) is 19.2. The Balaban J connectivity index is 1.42. The number of ether oxygens (including phenoxy) is 1. The van der Waals surface area contributed by atoms with Crippen LogP contribution in [-0.4, -0.2) is 67.7 Å². The summed E-state index contributed by atoms with van der Waals surface area (Å²) < 4.78 is 20.6. The van der Waals surface area contributed by atoms with Crippen LogP contribution in [0.3, 0.4) is 0 Å². The van der Waals surface area contributed by atoms with Gasteiger partial charge < -0.3 is 15.0 Å². The van der Waals surface area contributed by atoms with Crippen LogP contribution in [0.15, 0.2) is 18.2 Å². The molecule has 1 aromatic rings. The van der Waals surface area contributed by atoms with Crippen LogP contribution in [-0.2, 0) is 16.1 Å². The Labute approximate surface area is 164 Å². The molecule has 3 fully saturated rings. The monoisotopic (exact) mass is 395 g/mol. The van der Waals surface area contributed by atoms with Gasteiger partial charge in [0.05, 0.1) is 18.2 Å². The molecule has 148 valence electrons. The van der Waals surface area contributed by atoms with Crippen molar-refractivity contribution < 1.29 is 13.9 Å². The summed E-state index contributed by atoms with van der Waals surface area (Å²) in [6.45, 7) is 3.21. The first-order valence-electron chi connectivity index (χ1n) is 9.62. The van der Waals surface area contributed by atoms with E-state index in [4.69, 9.17) is 16.3 Å². The van der Waals surface area contributed by atoms with Crippen LogP contribution in [0.5, 0.6) is 0 Å². The predicted molar refractivity (Wildman–Crippen MR) is 102 cm³/mol. The van der Waals surface area contributed by atoms with E-state index in [0.29, 0.717) is 42.1 Å². The van der Waals surface area contributed by atoms with Crippen molar-refractivity contribution >= 4 is 17.5 Å². The van der Waals surface area contributed by atoms with Gasteiger partial charge in [0, 0.05) is 48.6 Å². The molecule has 0 saturated carbocycles. The summed E-state index contributed by atoms with van der Waals surface area (Å²) in [6, 6.07) is 4.83. The first-order valence-corrected chi connectivity index (χ1v) is 10.0. The fourth-order valence-electron chi connectivity index (χ4n) is 5.16. The average Bonchev–Trinajstić information content (AvgIpc) is 3.23. The molecule has 1 spiro atoms. The highest BCUT2D eigenvalue weighted by Crippen LogP contribution is 2.54. The standard InChI is InChI=1S/C20H27ClFN3O2/c1-24(2)11-19(26)23-8-13-15-10-25(12-20(15)7-6-18(13)27-20)9-14-16(21)4-3-5-17(14)22/h3-5,13,15,18H,6-12H2,1-2H3,(H,23,26)/t13-,15+,18+,20+/m0/s1. The normalized spacial score (nSPS) is 32.3. The number of likely N-dealkylation sites (tertiary alicyclic amines) is 1. The van der Waals surface area contributed by atoms with Crippen molar-refractivity contribution in [3.63, 3.8) is 0 Å². The number of nitrogens with one attached hydrogen (secondary N) is 1. The van der Waals surface area contributed by atoms with E-state index >= 15 is 0 Å². The lowest BCUT2D eigenvalue weighted by molar-refractivity contribution is -0.122. The summed E-state index contributed by atoms with van der Waals surface area (Å²) in [4.78, 5) is 16.1. The molecule has 1 N–H and O–H groups in total. The first-order chi connectivity index (χ1) is 12.9. The van der Waals surface area contributed by atoms with Crippen LogP contribution in [0.25, 0.3) is 0 Å². The molecule has 0 radical (unpaired) electrons. The second-order valence-electron chi connectivity index (χ2n) is 8.44. The van der Waals surface area contributed by atoms with Gasteiger partial charge in [0.25, 0.3) is 0 Å². The summed E-state index contributed by atoms with van der Waals surface area (Å²) in [6.07, 6.45) is 2.32. The van der Waals surface area contributed by atoms with Gasteiger partial charge in [0.1, 0.15) is 5.82 Å². The predicted octanol–water partition coefficient (Wildman–Crippen LogP) is 2.14. The van der Waals surface area contributed by atoms with Crippen molar-refractivity contribution in [2.24, 2.45) is 11.8 Å². The van der Waals surface area contributed by atoms with E-state index in [1.165, 1.54) is 6.07 Å². The second-order valence-corrected chi connectivity index (χ2v) is 8.85. The van der Waals surface area contributed by atoms with Gasteiger partial charge >= 0.3 is 0 Å². The third-order valence-electron chi connectivity index (χ3n) is 6.29. The minimum absolute atomic E-state index is 0.0461. The molecule has 2 bridgehead atoms. The fraction of sp³-hybridized carbons (Fsp3) is 0.650. The molecule has 3 aliphatic heterocycles. The van der Waals surface area contributed by atoms with Crippen molar-refractivity contribution in [3.05, 3.63) is 34.6 Å². The maximum atomic E-state index is 14.2. The summed E-state index contributed by atoms with van der Waals surface area (Å²) in [5.74, 6) is 0.493. The average molecular weight is 396 g/mol. The molecular formula is C20H27ClFN3O2. The molecule has 7 heteroatoms. The summed E-state index contributed by atoms with van der Waals surface area (Å²) in [7, 11) is 3.77. The number of halogens is 2. The van der Waals surface area contributed by atoms with E-state index in [0.717, 1.165) is 25.9 Å². The molecule has 5 nitrogen and oxygen atoms in total. The second kappa shape index (κ2) is 7.32. The maximum Gasteiger partial charge on any atom is 0.234 e. The van der Waals surface area contributed by atoms with Crippen molar-refractivity contribution in [2.45, 2.75) is 31.1 Å². The lowest BCUT2D eigenvalue weighted by atomic mass is 9.73. The van der Waals surface area contributed by atoms with Crippen LogP contribution >= 0.6 is 11.6 Å². The number of carbonyl (C=O) groups excluding carboxylic acids is 1. The molecule has 1 amide bonds. The van der Waals surface area contributed by atoms with Gasteiger partial charge in [-0.05, 0) is 39.1 Å². The van der Waals surface area contributed by atoms with E-state index in [9.17, 15) is 9.18 Å². The molecule has 27 heavy (non-hydrogen) atoms. The van der Waals surface area contributed by atoms with E-state index in [2.05, 4.69) is 10.2 Å². The SMILES string of the molecule is CN(C)CC(=O)NC[C@H]1[C@H]2CN(Cc3c(F)cccc3Cl)C[C@]23CC[C@H]1O3. The zero-order valence-corrected chi connectivity index (χ0v) is 16.6.